The molecule has 1 fully saturated rings. The summed E-state index contributed by atoms with van der Waals surface area (Å²) >= 11 is 0. The number of halogens is 2. The summed E-state index contributed by atoms with van der Waals surface area (Å²) in [5.41, 5.74) is 1.98. The Bertz CT molecular complexity index is 601. The van der Waals surface area contributed by atoms with E-state index >= 15 is 0 Å². The highest BCUT2D eigenvalue weighted by Crippen LogP contribution is 2.32. The quantitative estimate of drug-likeness (QED) is 0.903. The van der Waals surface area contributed by atoms with Gasteiger partial charge in [0.05, 0.1) is 11.7 Å². The van der Waals surface area contributed by atoms with Crippen molar-refractivity contribution in [2.24, 2.45) is 7.05 Å². The van der Waals surface area contributed by atoms with Crippen molar-refractivity contribution in [2.75, 3.05) is 6.54 Å². The van der Waals surface area contributed by atoms with Crippen LogP contribution < -0.4 is 5.32 Å². The van der Waals surface area contributed by atoms with Crippen molar-refractivity contribution < 1.29 is 8.78 Å². The first-order valence-electron chi connectivity index (χ1n) is 6.37. The smallest absolute Gasteiger partial charge is 0.134 e. The lowest BCUT2D eigenvalue weighted by atomic mass is 10.0. The largest absolute Gasteiger partial charge is 0.309 e. The summed E-state index contributed by atoms with van der Waals surface area (Å²) in [7, 11) is 1.81. The fraction of sp³-hybridized carbons (Fsp3) is 0.357. The van der Waals surface area contributed by atoms with Crippen molar-refractivity contribution >= 4 is 0 Å². The lowest BCUT2D eigenvalue weighted by molar-refractivity contribution is 0.584. The maximum atomic E-state index is 13.9. The predicted molar refractivity (Wildman–Crippen MR) is 68.5 cm³/mol. The summed E-state index contributed by atoms with van der Waals surface area (Å²) in [5.74, 6) is -1.11. The van der Waals surface area contributed by atoms with Crippen LogP contribution in [-0.2, 0) is 7.05 Å². The molecule has 1 aromatic heterocycles. The van der Waals surface area contributed by atoms with Crippen molar-refractivity contribution in [1.29, 1.82) is 0 Å². The van der Waals surface area contributed by atoms with E-state index in [1.807, 2.05) is 7.05 Å². The number of hydrogen-bond acceptors (Lipinski definition) is 2. The number of rotatable bonds is 2. The van der Waals surface area contributed by atoms with E-state index in [4.69, 9.17) is 0 Å². The standard InChI is InChI=1S/C14H15F2N3/c1-19-8-11(10-5-4-9(15)7-12(10)16)14(18-19)13-3-2-6-17-13/h4-5,7-8,13,17H,2-3,6H2,1H3. The highest BCUT2D eigenvalue weighted by molar-refractivity contribution is 5.66. The number of hydrogen-bond donors (Lipinski definition) is 1. The molecule has 0 spiro atoms. The highest BCUT2D eigenvalue weighted by atomic mass is 19.1. The van der Waals surface area contributed by atoms with Crippen LogP contribution >= 0.6 is 0 Å². The van der Waals surface area contributed by atoms with Crippen LogP contribution in [0.2, 0.25) is 0 Å². The molecule has 0 aliphatic carbocycles. The maximum Gasteiger partial charge on any atom is 0.134 e. The molecule has 1 aliphatic heterocycles. The van der Waals surface area contributed by atoms with Crippen LogP contribution in [0.15, 0.2) is 24.4 Å². The Hall–Kier alpha value is -1.75. The van der Waals surface area contributed by atoms with E-state index in [0.29, 0.717) is 5.56 Å². The zero-order chi connectivity index (χ0) is 13.4. The number of aryl methyl sites for hydroxylation is 1. The summed E-state index contributed by atoms with van der Waals surface area (Å²) in [4.78, 5) is 0. The third-order valence-electron chi connectivity index (χ3n) is 3.47. The van der Waals surface area contributed by atoms with E-state index < -0.39 is 11.6 Å². The molecule has 1 aliphatic rings. The van der Waals surface area contributed by atoms with Gasteiger partial charge in [0.1, 0.15) is 11.6 Å². The van der Waals surface area contributed by atoms with Gasteiger partial charge in [0.2, 0.25) is 0 Å². The van der Waals surface area contributed by atoms with Crippen LogP contribution in [0, 0.1) is 11.6 Å². The molecule has 1 aromatic carbocycles. The molecular formula is C14H15F2N3. The number of aromatic nitrogens is 2. The Morgan fingerprint density at radius 1 is 1.32 bits per heavy atom. The van der Waals surface area contributed by atoms with E-state index in [1.165, 1.54) is 12.1 Å². The Labute approximate surface area is 110 Å². The van der Waals surface area contributed by atoms with Gasteiger partial charge in [-0.1, -0.05) is 0 Å². The molecule has 2 heterocycles. The van der Waals surface area contributed by atoms with Crippen LogP contribution in [0.25, 0.3) is 11.1 Å². The van der Waals surface area contributed by atoms with Crippen molar-refractivity contribution in [2.45, 2.75) is 18.9 Å². The molecular weight excluding hydrogens is 248 g/mol. The second kappa shape index (κ2) is 4.74. The monoisotopic (exact) mass is 263 g/mol. The van der Waals surface area contributed by atoms with Gasteiger partial charge in [0.25, 0.3) is 0 Å². The van der Waals surface area contributed by atoms with Gasteiger partial charge >= 0.3 is 0 Å². The van der Waals surface area contributed by atoms with Gasteiger partial charge < -0.3 is 5.32 Å². The van der Waals surface area contributed by atoms with E-state index in [0.717, 1.165) is 36.7 Å². The molecule has 5 heteroatoms. The normalized spacial score (nSPS) is 19.0. The van der Waals surface area contributed by atoms with Gasteiger partial charge in [-0.05, 0) is 31.5 Å². The van der Waals surface area contributed by atoms with Crippen molar-refractivity contribution in [3.63, 3.8) is 0 Å². The minimum atomic E-state index is -0.564. The molecule has 1 atom stereocenters. The third-order valence-corrected chi connectivity index (χ3v) is 3.47. The minimum Gasteiger partial charge on any atom is -0.309 e. The summed E-state index contributed by atoms with van der Waals surface area (Å²) in [6.07, 6.45) is 3.87. The summed E-state index contributed by atoms with van der Waals surface area (Å²) < 4.78 is 28.6. The summed E-state index contributed by atoms with van der Waals surface area (Å²) in [5, 5.41) is 7.78. The zero-order valence-electron chi connectivity index (χ0n) is 10.7. The van der Waals surface area contributed by atoms with Crippen molar-refractivity contribution in [1.82, 2.24) is 15.1 Å². The van der Waals surface area contributed by atoms with E-state index in [9.17, 15) is 8.78 Å². The van der Waals surface area contributed by atoms with Crippen molar-refractivity contribution in [3.8, 4) is 11.1 Å². The molecule has 0 radical (unpaired) electrons. The predicted octanol–water partition coefficient (Wildman–Crippen LogP) is 2.79. The molecule has 100 valence electrons. The minimum absolute atomic E-state index is 0.153. The Kier molecular flexibility index (Phi) is 3.06. The summed E-state index contributed by atoms with van der Waals surface area (Å²) in [6, 6.07) is 3.81. The van der Waals surface area contributed by atoms with E-state index in [-0.39, 0.29) is 6.04 Å². The topological polar surface area (TPSA) is 29.9 Å². The Morgan fingerprint density at radius 2 is 2.16 bits per heavy atom. The first kappa shape index (κ1) is 12.3. The first-order valence-corrected chi connectivity index (χ1v) is 6.37. The average Bonchev–Trinajstić information content (AvgIpc) is 2.97. The fourth-order valence-corrected chi connectivity index (χ4v) is 2.60. The third kappa shape index (κ3) is 2.26. The van der Waals surface area contributed by atoms with Crippen LogP contribution in [0.4, 0.5) is 8.78 Å². The molecule has 0 bridgehead atoms. The molecule has 1 N–H and O–H groups in total. The maximum absolute atomic E-state index is 13.9. The summed E-state index contributed by atoms with van der Waals surface area (Å²) in [6.45, 7) is 0.951. The van der Waals surface area contributed by atoms with Crippen LogP contribution in [0.3, 0.4) is 0 Å². The average molecular weight is 263 g/mol. The molecule has 3 nitrogen and oxygen atoms in total. The van der Waals surface area contributed by atoms with Gasteiger partial charge in [-0.25, -0.2) is 8.78 Å². The number of nitrogens with zero attached hydrogens (tertiary/aromatic N) is 2. The van der Waals surface area contributed by atoms with E-state index in [2.05, 4.69) is 10.4 Å². The molecule has 0 saturated carbocycles. The van der Waals surface area contributed by atoms with Gasteiger partial charge in [-0.2, -0.15) is 5.10 Å². The van der Waals surface area contributed by atoms with Crippen LogP contribution in [0.5, 0.6) is 0 Å². The Morgan fingerprint density at radius 3 is 2.84 bits per heavy atom. The molecule has 3 rings (SSSR count). The second-order valence-corrected chi connectivity index (χ2v) is 4.87. The Balaban J connectivity index is 2.08. The number of nitrogens with one attached hydrogen (secondary N) is 1. The molecule has 1 saturated heterocycles. The van der Waals surface area contributed by atoms with Gasteiger partial charge in [0, 0.05) is 30.4 Å². The van der Waals surface area contributed by atoms with Gasteiger partial charge in [0.15, 0.2) is 0 Å². The lowest BCUT2D eigenvalue weighted by Crippen LogP contribution is -2.14. The van der Waals surface area contributed by atoms with Crippen LogP contribution in [-0.4, -0.2) is 16.3 Å². The molecule has 2 aromatic rings. The first-order chi connectivity index (χ1) is 9.15. The van der Waals surface area contributed by atoms with Crippen LogP contribution in [0.1, 0.15) is 24.6 Å². The highest BCUT2D eigenvalue weighted by Gasteiger charge is 2.24. The zero-order valence-corrected chi connectivity index (χ0v) is 10.7. The number of benzene rings is 1. The van der Waals surface area contributed by atoms with Crippen molar-refractivity contribution in [3.05, 3.63) is 41.7 Å². The van der Waals surface area contributed by atoms with E-state index in [1.54, 1.807) is 10.9 Å². The molecule has 19 heavy (non-hydrogen) atoms. The SMILES string of the molecule is Cn1cc(-c2ccc(F)cc2F)c(C2CCCN2)n1. The second-order valence-electron chi connectivity index (χ2n) is 4.87. The lowest BCUT2D eigenvalue weighted by Gasteiger charge is -2.10. The van der Waals surface area contributed by atoms with Gasteiger partial charge in [-0.15, -0.1) is 0 Å². The fourth-order valence-electron chi connectivity index (χ4n) is 2.60. The molecule has 0 amide bonds. The molecule has 1 unspecified atom stereocenters. The van der Waals surface area contributed by atoms with Gasteiger partial charge in [-0.3, -0.25) is 4.68 Å².